The molecule has 0 radical (unpaired) electrons. The van der Waals surface area contributed by atoms with Crippen molar-refractivity contribution in [1.82, 2.24) is 15.3 Å². The lowest BCUT2D eigenvalue weighted by atomic mass is 10.2. The quantitative estimate of drug-likeness (QED) is 0.725. The predicted octanol–water partition coefficient (Wildman–Crippen LogP) is 4.11. The molecule has 0 atom stereocenters. The van der Waals surface area contributed by atoms with Crippen LogP contribution in [0.5, 0.6) is 0 Å². The van der Waals surface area contributed by atoms with Crippen LogP contribution in [-0.4, -0.2) is 15.9 Å². The van der Waals surface area contributed by atoms with E-state index in [1.807, 2.05) is 37.3 Å². The normalized spacial score (nSPS) is 10.3. The summed E-state index contributed by atoms with van der Waals surface area (Å²) in [5.74, 6) is 0.472. The lowest BCUT2D eigenvalue weighted by molar-refractivity contribution is 0.0950. The molecule has 25 heavy (non-hydrogen) atoms. The first-order chi connectivity index (χ1) is 12.1. The number of pyridine rings is 2. The van der Waals surface area contributed by atoms with Crippen molar-refractivity contribution >= 4 is 29.0 Å². The molecule has 1 aromatic carbocycles. The standard InChI is InChI=1S/C19H17ClN4O/c1-13-2-4-16(10-17(13)20)24-18-5-3-15(12-22-18)19(25)23-11-14-6-8-21-9-7-14/h2-10,12H,11H2,1H3,(H,22,24)(H,23,25). The largest absolute Gasteiger partial charge is 0.348 e. The van der Waals surface area contributed by atoms with E-state index in [4.69, 9.17) is 11.6 Å². The lowest BCUT2D eigenvalue weighted by Gasteiger charge is -2.08. The second kappa shape index (κ2) is 7.77. The Labute approximate surface area is 151 Å². The van der Waals surface area contributed by atoms with Crippen molar-refractivity contribution in [3.8, 4) is 0 Å². The summed E-state index contributed by atoms with van der Waals surface area (Å²) in [5.41, 5.74) is 3.35. The number of hydrogen-bond acceptors (Lipinski definition) is 4. The molecule has 2 aromatic heterocycles. The highest BCUT2D eigenvalue weighted by Crippen LogP contribution is 2.22. The van der Waals surface area contributed by atoms with Crippen molar-refractivity contribution < 1.29 is 4.79 Å². The van der Waals surface area contributed by atoms with Crippen LogP contribution in [0.3, 0.4) is 0 Å². The first-order valence-electron chi connectivity index (χ1n) is 7.78. The Bertz CT molecular complexity index is 866. The number of nitrogens with zero attached hydrogens (tertiary/aromatic N) is 2. The van der Waals surface area contributed by atoms with Crippen LogP contribution in [0.15, 0.2) is 61.1 Å². The molecule has 2 N–H and O–H groups in total. The topological polar surface area (TPSA) is 66.9 Å². The van der Waals surface area contributed by atoms with Gasteiger partial charge >= 0.3 is 0 Å². The minimum Gasteiger partial charge on any atom is -0.348 e. The van der Waals surface area contributed by atoms with Gasteiger partial charge in [-0.3, -0.25) is 9.78 Å². The van der Waals surface area contributed by atoms with Crippen molar-refractivity contribution in [3.63, 3.8) is 0 Å². The summed E-state index contributed by atoms with van der Waals surface area (Å²) in [6, 6.07) is 12.9. The SMILES string of the molecule is Cc1ccc(Nc2ccc(C(=O)NCc3ccncc3)cn2)cc1Cl. The van der Waals surface area contributed by atoms with E-state index in [1.165, 1.54) is 0 Å². The molecular weight excluding hydrogens is 336 g/mol. The Morgan fingerprint density at radius 2 is 1.92 bits per heavy atom. The van der Waals surface area contributed by atoms with E-state index in [2.05, 4.69) is 20.6 Å². The van der Waals surface area contributed by atoms with E-state index in [9.17, 15) is 4.79 Å². The number of anilines is 2. The molecule has 2 heterocycles. The lowest BCUT2D eigenvalue weighted by Crippen LogP contribution is -2.22. The highest BCUT2D eigenvalue weighted by molar-refractivity contribution is 6.31. The fraction of sp³-hybridized carbons (Fsp3) is 0.105. The van der Waals surface area contributed by atoms with Gasteiger partial charge in [0.15, 0.2) is 0 Å². The first-order valence-corrected chi connectivity index (χ1v) is 8.16. The molecule has 3 aromatic rings. The molecule has 0 bridgehead atoms. The number of nitrogens with one attached hydrogen (secondary N) is 2. The van der Waals surface area contributed by atoms with E-state index >= 15 is 0 Å². The molecule has 0 spiro atoms. The van der Waals surface area contributed by atoms with Gasteiger partial charge in [-0.15, -0.1) is 0 Å². The highest BCUT2D eigenvalue weighted by atomic mass is 35.5. The molecule has 0 aliphatic heterocycles. The summed E-state index contributed by atoms with van der Waals surface area (Å²) < 4.78 is 0. The summed E-state index contributed by atoms with van der Waals surface area (Å²) in [5, 5.41) is 6.71. The number of halogens is 1. The monoisotopic (exact) mass is 352 g/mol. The van der Waals surface area contributed by atoms with Gasteiger partial charge in [-0.25, -0.2) is 4.98 Å². The summed E-state index contributed by atoms with van der Waals surface area (Å²) in [6.45, 7) is 2.40. The first kappa shape index (κ1) is 16.9. The van der Waals surface area contributed by atoms with Crippen LogP contribution in [-0.2, 0) is 6.54 Å². The van der Waals surface area contributed by atoms with Gasteiger partial charge in [0.2, 0.25) is 0 Å². The number of aromatic nitrogens is 2. The molecule has 0 saturated heterocycles. The summed E-state index contributed by atoms with van der Waals surface area (Å²) in [4.78, 5) is 20.4. The number of benzene rings is 1. The van der Waals surface area contributed by atoms with Gasteiger partial charge in [0.05, 0.1) is 5.56 Å². The predicted molar refractivity (Wildman–Crippen MR) is 99.1 cm³/mol. The zero-order chi connectivity index (χ0) is 17.6. The fourth-order valence-corrected chi connectivity index (χ4v) is 2.39. The Balaban J connectivity index is 1.61. The van der Waals surface area contributed by atoms with Crippen LogP contribution >= 0.6 is 11.6 Å². The molecular formula is C19H17ClN4O. The van der Waals surface area contributed by atoms with Gasteiger partial charge < -0.3 is 10.6 Å². The third-order valence-electron chi connectivity index (χ3n) is 3.67. The molecule has 3 rings (SSSR count). The zero-order valence-electron chi connectivity index (χ0n) is 13.7. The molecule has 6 heteroatoms. The van der Waals surface area contributed by atoms with Gasteiger partial charge in [-0.1, -0.05) is 17.7 Å². The number of amides is 1. The van der Waals surface area contributed by atoms with Gasteiger partial charge in [-0.2, -0.15) is 0 Å². The van der Waals surface area contributed by atoms with Crippen LogP contribution in [0, 0.1) is 6.92 Å². The van der Waals surface area contributed by atoms with Crippen molar-refractivity contribution in [2.24, 2.45) is 0 Å². The Morgan fingerprint density at radius 1 is 1.12 bits per heavy atom. The molecule has 0 fully saturated rings. The van der Waals surface area contributed by atoms with Crippen LogP contribution in [0.2, 0.25) is 5.02 Å². The van der Waals surface area contributed by atoms with Crippen LogP contribution in [0.25, 0.3) is 0 Å². The number of carbonyl (C=O) groups is 1. The fourth-order valence-electron chi connectivity index (χ4n) is 2.21. The van der Waals surface area contributed by atoms with E-state index in [1.54, 1.807) is 30.7 Å². The van der Waals surface area contributed by atoms with E-state index in [0.29, 0.717) is 22.9 Å². The van der Waals surface area contributed by atoms with Crippen molar-refractivity contribution in [3.05, 3.63) is 82.8 Å². The van der Waals surface area contributed by atoms with Crippen LogP contribution in [0.4, 0.5) is 11.5 Å². The third-order valence-corrected chi connectivity index (χ3v) is 4.08. The van der Waals surface area contributed by atoms with E-state index < -0.39 is 0 Å². The maximum absolute atomic E-state index is 12.2. The van der Waals surface area contributed by atoms with Gasteiger partial charge in [0.1, 0.15) is 5.82 Å². The maximum atomic E-state index is 12.2. The summed E-state index contributed by atoms with van der Waals surface area (Å²) in [7, 11) is 0. The van der Waals surface area contributed by atoms with Crippen molar-refractivity contribution in [2.75, 3.05) is 5.32 Å². The zero-order valence-corrected chi connectivity index (χ0v) is 14.4. The smallest absolute Gasteiger partial charge is 0.253 e. The number of carbonyl (C=O) groups excluding carboxylic acids is 1. The van der Waals surface area contributed by atoms with E-state index in [0.717, 1.165) is 16.8 Å². The number of aryl methyl sites for hydroxylation is 1. The van der Waals surface area contributed by atoms with Crippen molar-refractivity contribution in [1.29, 1.82) is 0 Å². The second-order valence-electron chi connectivity index (χ2n) is 5.56. The average molecular weight is 353 g/mol. The molecule has 0 aliphatic carbocycles. The molecule has 1 amide bonds. The number of hydrogen-bond donors (Lipinski definition) is 2. The van der Waals surface area contributed by atoms with Gasteiger partial charge in [0.25, 0.3) is 5.91 Å². The van der Waals surface area contributed by atoms with Crippen LogP contribution < -0.4 is 10.6 Å². The molecule has 5 nitrogen and oxygen atoms in total. The molecule has 0 saturated carbocycles. The Hall–Kier alpha value is -2.92. The molecule has 126 valence electrons. The Kier molecular flexibility index (Phi) is 5.26. The number of rotatable bonds is 5. The average Bonchev–Trinajstić information content (AvgIpc) is 2.64. The summed E-state index contributed by atoms with van der Waals surface area (Å²) in [6.07, 6.45) is 4.93. The maximum Gasteiger partial charge on any atom is 0.253 e. The Morgan fingerprint density at radius 3 is 2.60 bits per heavy atom. The third kappa shape index (κ3) is 4.55. The highest BCUT2D eigenvalue weighted by Gasteiger charge is 2.06. The van der Waals surface area contributed by atoms with E-state index in [-0.39, 0.29) is 5.91 Å². The molecule has 0 aliphatic rings. The van der Waals surface area contributed by atoms with Crippen LogP contribution in [0.1, 0.15) is 21.5 Å². The van der Waals surface area contributed by atoms with Gasteiger partial charge in [0, 0.05) is 35.8 Å². The van der Waals surface area contributed by atoms with Gasteiger partial charge in [-0.05, 0) is 54.4 Å². The molecule has 0 unspecified atom stereocenters. The summed E-state index contributed by atoms with van der Waals surface area (Å²) >= 11 is 6.11. The van der Waals surface area contributed by atoms with Crippen molar-refractivity contribution in [2.45, 2.75) is 13.5 Å². The minimum absolute atomic E-state index is 0.172. The second-order valence-corrected chi connectivity index (χ2v) is 5.97. The minimum atomic E-state index is -0.172.